The van der Waals surface area contributed by atoms with Crippen molar-refractivity contribution >= 4 is 51.6 Å². The largest absolute Gasteiger partial charge is 0.357 e. The van der Waals surface area contributed by atoms with Crippen molar-refractivity contribution in [2.24, 2.45) is 4.99 Å². The predicted molar refractivity (Wildman–Crippen MR) is 125 cm³/mol. The van der Waals surface area contributed by atoms with E-state index in [1.165, 1.54) is 12.1 Å². The quantitative estimate of drug-likeness (QED) is 0.178. The number of benzene rings is 1. The van der Waals surface area contributed by atoms with Gasteiger partial charge in [-0.2, -0.15) is 0 Å². The third kappa shape index (κ3) is 8.44. The lowest BCUT2D eigenvalue weighted by Crippen LogP contribution is -2.39. The van der Waals surface area contributed by atoms with Crippen LogP contribution in [0.15, 0.2) is 40.5 Å². The van der Waals surface area contributed by atoms with E-state index in [9.17, 15) is 8.42 Å². The van der Waals surface area contributed by atoms with E-state index in [1.54, 1.807) is 18.5 Å². The van der Waals surface area contributed by atoms with Crippen molar-refractivity contribution in [2.45, 2.75) is 31.7 Å². The average Bonchev–Trinajstić information content (AvgIpc) is 3.12. The van der Waals surface area contributed by atoms with Crippen molar-refractivity contribution in [1.29, 1.82) is 0 Å². The highest BCUT2D eigenvalue weighted by atomic mass is 127. The topological polar surface area (TPSA) is 113 Å². The first-order valence-electron chi connectivity index (χ1n) is 9.10. The highest BCUT2D eigenvalue weighted by Crippen LogP contribution is 2.14. The molecule has 2 aromatic rings. The van der Waals surface area contributed by atoms with Crippen LogP contribution in [0.2, 0.25) is 5.02 Å². The number of rotatable bonds is 10. The molecule has 0 aliphatic rings. The molecule has 0 unspecified atom stereocenters. The molecule has 1 aromatic heterocycles. The molecule has 0 aliphatic heterocycles. The minimum Gasteiger partial charge on any atom is -0.357 e. The van der Waals surface area contributed by atoms with Crippen LogP contribution < -0.4 is 15.4 Å². The van der Waals surface area contributed by atoms with Crippen molar-refractivity contribution in [3.63, 3.8) is 0 Å². The molecule has 0 bridgehead atoms. The molecule has 162 valence electrons. The van der Waals surface area contributed by atoms with E-state index in [2.05, 4.69) is 30.5 Å². The summed E-state index contributed by atoms with van der Waals surface area (Å²) in [4.78, 5) is 4.52. The van der Waals surface area contributed by atoms with E-state index in [1.807, 2.05) is 18.4 Å². The van der Waals surface area contributed by atoms with Gasteiger partial charge < -0.3 is 15.2 Å². The summed E-state index contributed by atoms with van der Waals surface area (Å²) < 4.78 is 29.0. The Morgan fingerprint density at radius 1 is 1.24 bits per heavy atom. The Bertz CT molecular complexity index is 889. The second-order valence-electron chi connectivity index (χ2n) is 5.84. The van der Waals surface area contributed by atoms with Crippen LogP contribution in [0.1, 0.15) is 19.7 Å². The van der Waals surface area contributed by atoms with Crippen LogP contribution in [-0.4, -0.2) is 55.3 Å². The second-order valence-corrected chi connectivity index (χ2v) is 8.04. The van der Waals surface area contributed by atoms with E-state index in [0.717, 1.165) is 12.2 Å². The van der Waals surface area contributed by atoms with Gasteiger partial charge in [-0.3, -0.25) is 4.99 Å². The Morgan fingerprint density at radius 3 is 2.72 bits per heavy atom. The molecule has 0 aliphatic carbocycles. The van der Waals surface area contributed by atoms with Crippen molar-refractivity contribution in [2.75, 3.05) is 26.2 Å². The summed E-state index contributed by atoms with van der Waals surface area (Å²) in [5.74, 6) is 1.55. The number of hydrogen-bond acceptors (Lipinski definition) is 5. The molecule has 0 radical (unpaired) electrons. The van der Waals surface area contributed by atoms with Gasteiger partial charge in [0.15, 0.2) is 5.96 Å². The van der Waals surface area contributed by atoms with Crippen LogP contribution in [0.4, 0.5) is 0 Å². The van der Waals surface area contributed by atoms with Gasteiger partial charge in [0.2, 0.25) is 10.0 Å². The maximum Gasteiger partial charge on any atom is 0.240 e. The standard InChI is InChI=1S/C17H26ClN7O2S.HI/c1-3-16-24-22-13-25(16)11-10-21-17(19-4-2)20-8-9-23-28(26,27)15-7-5-6-14(18)12-15;/h5-7,12-13,23H,3-4,8-11H2,1-2H3,(H2,19,20,21);1H. The number of aromatic nitrogens is 3. The molecule has 0 amide bonds. The summed E-state index contributed by atoms with van der Waals surface area (Å²) >= 11 is 5.85. The molecule has 2 rings (SSSR count). The van der Waals surface area contributed by atoms with Gasteiger partial charge in [0.1, 0.15) is 12.2 Å². The summed E-state index contributed by atoms with van der Waals surface area (Å²) in [7, 11) is -3.61. The first-order chi connectivity index (χ1) is 13.5. The summed E-state index contributed by atoms with van der Waals surface area (Å²) in [5, 5.41) is 14.7. The second kappa shape index (κ2) is 13.0. The predicted octanol–water partition coefficient (Wildman–Crippen LogP) is 1.65. The monoisotopic (exact) mass is 555 g/mol. The maximum absolute atomic E-state index is 12.3. The van der Waals surface area contributed by atoms with Crippen molar-refractivity contribution in [1.82, 2.24) is 30.1 Å². The normalized spacial score (nSPS) is 11.8. The van der Waals surface area contributed by atoms with Crippen LogP contribution >= 0.6 is 35.6 Å². The fourth-order valence-corrected chi connectivity index (χ4v) is 3.76. The summed E-state index contributed by atoms with van der Waals surface area (Å²) in [5.41, 5.74) is 0. The first-order valence-corrected chi connectivity index (χ1v) is 11.0. The van der Waals surface area contributed by atoms with Crippen LogP contribution in [-0.2, 0) is 23.0 Å². The number of nitrogens with zero attached hydrogens (tertiary/aromatic N) is 4. The fourth-order valence-electron chi connectivity index (χ4n) is 2.44. The zero-order valence-electron chi connectivity index (χ0n) is 16.4. The Balaban J connectivity index is 0.00000420. The van der Waals surface area contributed by atoms with Crippen LogP contribution in [0, 0.1) is 0 Å². The highest BCUT2D eigenvalue weighted by Gasteiger charge is 2.13. The lowest BCUT2D eigenvalue weighted by atomic mass is 10.4. The van der Waals surface area contributed by atoms with E-state index >= 15 is 0 Å². The Labute approximate surface area is 193 Å². The number of aliphatic imine (C=N–C) groups is 1. The molecule has 12 heteroatoms. The third-order valence-electron chi connectivity index (χ3n) is 3.78. The fraction of sp³-hybridized carbons (Fsp3) is 0.471. The number of hydrogen-bond donors (Lipinski definition) is 3. The number of guanidine groups is 1. The van der Waals surface area contributed by atoms with E-state index in [4.69, 9.17) is 11.6 Å². The van der Waals surface area contributed by atoms with Gasteiger partial charge in [-0.25, -0.2) is 13.1 Å². The van der Waals surface area contributed by atoms with Crippen LogP contribution in [0.25, 0.3) is 0 Å². The molecule has 0 fully saturated rings. The Kier molecular flexibility index (Phi) is 11.5. The van der Waals surface area contributed by atoms with Crippen molar-refractivity contribution in [3.8, 4) is 0 Å². The lowest BCUT2D eigenvalue weighted by Gasteiger charge is -2.12. The van der Waals surface area contributed by atoms with E-state index in [-0.39, 0.29) is 35.4 Å². The number of sulfonamides is 1. The molecular weight excluding hydrogens is 529 g/mol. The third-order valence-corrected chi connectivity index (χ3v) is 5.48. The van der Waals surface area contributed by atoms with Gasteiger partial charge in [-0.15, -0.1) is 34.2 Å². The molecule has 9 nitrogen and oxygen atoms in total. The number of aryl methyl sites for hydroxylation is 1. The van der Waals surface area contributed by atoms with Crippen molar-refractivity contribution < 1.29 is 8.42 Å². The molecule has 3 N–H and O–H groups in total. The molecule has 0 saturated heterocycles. The molecule has 0 atom stereocenters. The average molecular weight is 556 g/mol. The molecule has 1 aromatic carbocycles. The summed E-state index contributed by atoms with van der Waals surface area (Å²) in [6.45, 7) is 6.52. The highest BCUT2D eigenvalue weighted by molar-refractivity contribution is 14.0. The van der Waals surface area contributed by atoms with Gasteiger partial charge in [0, 0.05) is 37.6 Å². The van der Waals surface area contributed by atoms with E-state index in [0.29, 0.717) is 37.2 Å². The summed E-state index contributed by atoms with van der Waals surface area (Å²) in [6, 6.07) is 6.14. The molecule has 1 heterocycles. The van der Waals surface area contributed by atoms with E-state index < -0.39 is 10.0 Å². The smallest absolute Gasteiger partial charge is 0.240 e. The van der Waals surface area contributed by atoms with Gasteiger partial charge >= 0.3 is 0 Å². The molecule has 0 spiro atoms. The van der Waals surface area contributed by atoms with Crippen LogP contribution in [0.3, 0.4) is 0 Å². The maximum atomic E-state index is 12.3. The van der Waals surface area contributed by atoms with Crippen LogP contribution in [0.5, 0.6) is 0 Å². The Hall–Kier alpha value is -1.44. The van der Waals surface area contributed by atoms with Gasteiger partial charge in [-0.05, 0) is 25.1 Å². The van der Waals surface area contributed by atoms with Gasteiger partial charge in [0.05, 0.1) is 11.4 Å². The lowest BCUT2D eigenvalue weighted by molar-refractivity contribution is 0.582. The number of nitrogens with one attached hydrogen (secondary N) is 3. The SMILES string of the molecule is CCNC(=NCCNS(=O)(=O)c1cccc(Cl)c1)NCCn1cnnc1CC.I. The van der Waals surface area contributed by atoms with Gasteiger partial charge in [0.25, 0.3) is 0 Å². The Morgan fingerprint density at radius 2 is 2.03 bits per heavy atom. The minimum atomic E-state index is -3.61. The first kappa shape index (κ1) is 25.6. The van der Waals surface area contributed by atoms with Gasteiger partial charge in [-0.1, -0.05) is 24.6 Å². The zero-order chi connectivity index (χ0) is 20.4. The van der Waals surface area contributed by atoms with Crippen molar-refractivity contribution in [3.05, 3.63) is 41.4 Å². The molecule has 29 heavy (non-hydrogen) atoms. The zero-order valence-corrected chi connectivity index (χ0v) is 20.3. The molecule has 0 saturated carbocycles. The minimum absolute atomic E-state index is 0. The molecular formula is C17H27ClIN7O2S. The summed E-state index contributed by atoms with van der Waals surface area (Å²) in [6.07, 6.45) is 2.52. The number of halogens is 2.